The second-order valence-electron chi connectivity index (χ2n) is 5.74. The van der Waals surface area contributed by atoms with Crippen LogP contribution < -0.4 is 4.74 Å². The van der Waals surface area contributed by atoms with Gasteiger partial charge in [-0.3, -0.25) is 0 Å². The molecule has 1 unspecified atom stereocenters. The molecule has 0 aliphatic carbocycles. The number of rotatable bonds is 3. The topological polar surface area (TPSA) is 21.6 Å². The zero-order chi connectivity index (χ0) is 16.4. The lowest BCUT2D eigenvalue weighted by molar-refractivity contribution is 0.467. The van der Waals surface area contributed by atoms with Crippen molar-refractivity contribution < 1.29 is 4.74 Å². The van der Waals surface area contributed by atoms with E-state index in [1.165, 1.54) is 5.56 Å². The molecule has 0 spiro atoms. The summed E-state index contributed by atoms with van der Waals surface area (Å²) in [6.45, 7) is 0. The molecule has 1 aliphatic heterocycles. The van der Waals surface area contributed by atoms with Gasteiger partial charge in [-0.05, 0) is 23.8 Å². The van der Waals surface area contributed by atoms with E-state index in [9.17, 15) is 0 Å². The van der Waals surface area contributed by atoms with Crippen molar-refractivity contribution in [2.75, 3.05) is 4.43 Å². The molecule has 118 valence electrons. The Bertz CT molecular complexity index is 877. The van der Waals surface area contributed by atoms with E-state index in [1.807, 2.05) is 48.5 Å². The molecule has 3 aromatic rings. The molecule has 1 atom stereocenters. The molecule has 3 aromatic carbocycles. The van der Waals surface area contributed by atoms with Crippen molar-refractivity contribution in [3.05, 3.63) is 102 Å². The lowest BCUT2D eigenvalue weighted by atomic mass is 9.83. The van der Waals surface area contributed by atoms with Crippen LogP contribution in [0.25, 0.3) is 0 Å². The van der Waals surface area contributed by atoms with E-state index >= 15 is 0 Å². The van der Waals surface area contributed by atoms with Gasteiger partial charge in [0.1, 0.15) is 11.3 Å². The number of hydrogen-bond acceptors (Lipinski definition) is 2. The molecular weight excluding hydrogens is 409 g/mol. The number of hydrogen-bond donors (Lipinski definition) is 0. The van der Waals surface area contributed by atoms with Crippen LogP contribution in [0.1, 0.15) is 16.7 Å². The summed E-state index contributed by atoms with van der Waals surface area (Å²) in [6, 6.07) is 28.8. The van der Waals surface area contributed by atoms with E-state index in [0.717, 1.165) is 21.3 Å². The fraction of sp³-hybridized carbons (Fsp3) is 0.0952. The van der Waals surface area contributed by atoms with Crippen LogP contribution in [0, 0.1) is 0 Å². The Kier molecular flexibility index (Phi) is 4.10. The van der Waals surface area contributed by atoms with Gasteiger partial charge in [-0.1, -0.05) is 89.3 Å². The van der Waals surface area contributed by atoms with Crippen LogP contribution in [0.3, 0.4) is 0 Å². The maximum Gasteiger partial charge on any atom is 0.223 e. The monoisotopic (exact) mass is 425 g/mol. The highest BCUT2D eigenvalue weighted by Crippen LogP contribution is 2.43. The van der Waals surface area contributed by atoms with Crippen molar-refractivity contribution in [2.45, 2.75) is 5.54 Å². The highest BCUT2D eigenvalue weighted by molar-refractivity contribution is 14.1. The number of para-hydroxylation sites is 1. The van der Waals surface area contributed by atoms with Crippen LogP contribution in [0.5, 0.6) is 5.75 Å². The van der Waals surface area contributed by atoms with E-state index in [-0.39, 0.29) is 0 Å². The molecule has 0 saturated carbocycles. The van der Waals surface area contributed by atoms with Crippen molar-refractivity contribution in [1.82, 2.24) is 0 Å². The van der Waals surface area contributed by atoms with Crippen LogP contribution in [0.15, 0.2) is 89.9 Å². The second-order valence-corrected chi connectivity index (χ2v) is 6.50. The van der Waals surface area contributed by atoms with E-state index in [2.05, 4.69) is 59.0 Å². The standard InChI is InChI=1S/C21H16INO/c22-15-21(17-11-5-2-6-12-17)18-13-7-8-14-19(18)24-20(23-21)16-9-3-1-4-10-16/h1-14H,15H2. The Hall–Kier alpha value is -2.14. The lowest BCUT2D eigenvalue weighted by Crippen LogP contribution is -2.34. The van der Waals surface area contributed by atoms with Gasteiger partial charge in [0.2, 0.25) is 5.90 Å². The molecule has 1 aliphatic rings. The normalized spacial score (nSPS) is 19.1. The van der Waals surface area contributed by atoms with Crippen molar-refractivity contribution in [3.8, 4) is 5.75 Å². The SMILES string of the molecule is ICC1(c2ccccc2)N=C(c2ccccc2)Oc2ccccc21. The fourth-order valence-corrected chi connectivity index (χ4v) is 4.10. The zero-order valence-electron chi connectivity index (χ0n) is 13.0. The number of fused-ring (bicyclic) bond motifs is 1. The minimum absolute atomic E-state index is 0.429. The first-order chi connectivity index (χ1) is 11.8. The summed E-state index contributed by atoms with van der Waals surface area (Å²) < 4.78 is 6.98. The molecule has 4 rings (SSSR count). The number of ether oxygens (including phenoxy) is 1. The Morgan fingerprint density at radius 1 is 0.792 bits per heavy atom. The minimum atomic E-state index is -0.429. The molecule has 0 fully saturated rings. The third kappa shape index (κ3) is 2.53. The molecule has 24 heavy (non-hydrogen) atoms. The van der Waals surface area contributed by atoms with Gasteiger partial charge < -0.3 is 4.74 Å². The summed E-state index contributed by atoms with van der Waals surface area (Å²) in [5.41, 5.74) is 2.87. The summed E-state index contributed by atoms with van der Waals surface area (Å²) in [4.78, 5) is 5.10. The van der Waals surface area contributed by atoms with E-state index < -0.39 is 5.54 Å². The number of aliphatic imine (C=N–C) groups is 1. The maximum atomic E-state index is 6.14. The lowest BCUT2D eigenvalue weighted by Gasteiger charge is -2.35. The van der Waals surface area contributed by atoms with E-state index in [4.69, 9.17) is 9.73 Å². The van der Waals surface area contributed by atoms with Gasteiger partial charge in [0.25, 0.3) is 0 Å². The number of nitrogens with zero attached hydrogens (tertiary/aromatic N) is 1. The summed E-state index contributed by atoms with van der Waals surface area (Å²) in [5, 5.41) is 0. The van der Waals surface area contributed by atoms with E-state index in [1.54, 1.807) is 0 Å². The van der Waals surface area contributed by atoms with Crippen LogP contribution in [-0.2, 0) is 5.54 Å². The van der Waals surface area contributed by atoms with Crippen LogP contribution in [0.4, 0.5) is 0 Å². The van der Waals surface area contributed by atoms with Gasteiger partial charge in [0.15, 0.2) is 0 Å². The molecule has 1 heterocycles. The minimum Gasteiger partial charge on any atom is -0.438 e. The molecule has 0 aromatic heterocycles. The largest absolute Gasteiger partial charge is 0.438 e. The highest BCUT2D eigenvalue weighted by Gasteiger charge is 2.39. The molecule has 0 amide bonds. The third-order valence-electron chi connectivity index (χ3n) is 4.30. The first kappa shape index (κ1) is 15.4. The van der Waals surface area contributed by atoms with Gasteiger partial charge in [0, 0.05) is 15.6 Å². The Balaban J connectivity index is 1.97. The molecule has 2 nitrogen and oxygen atoms in total. The van der Waals surface area contributed by atoms with Crippen molar-refractivity contribution >= 4 is 28.5 Å². The Labute approximate surface area is 155 Å². The number of benzene rings is 3. The summed E-state index contributed by atoms with van der Waals surface area (Å²) in [5.74, 6) is 1.56. The van der Waals surface area contributed by atoms with Crippen LogP contribution in [0.2, 0.25) is 0 Å². The number of alkyl halides is 1. The van der Waals surface area contributed by atoms with Gasteiger partial charge in [0.05, 0.1) is 0 Å². The average molecular weight is 425 g/mol. The summed E-state index contributed by atoms with van der Waals surface area (Å²) >= 11 is 2.43. The Morgan fingerprint density at radius 3 is 2.12 bits per heavy atom. The quantitative estimate of drug-likeness (QED) is 0.418. The summed E-state index contributed by atoms with van der Waals surface area (Å²) in [7, 11) is 0. The van der Waals surface area contributed by atoms with Crippen molar-refractivity contribution in [2.24, 2.45) is 4.99 Å². The van der Waals surface area contributed by atoms with Crippen LogP contribution >= 0.6 is 22.6 Å². The molecule has 3 heteroatoms. The average Bonchev–Trinajstić information content (AvgIpc) is 2.68. The molecule has 0 radical (unpaired) electrons. The first-order valence-corrected chi connectivity index (χ1v) is 9.40. The first-order valence-electron chi connectivity index (χ1n) is 7.87. The van der Waals surface area contributed by atoms with Gasteiger partial charge >= 0.3 is 0 Å². The van der Waals surface area contributed by atoms with E-state index in [0.29, 0.717) is 5.90 Å². The predicted octanol–water partition coefficient (Wildman–Crippen LogP) is 5.20. The number of halogens is 1. The van der Waals surface area contributed by atoms with Crippen LogP contribution in [-0.4, -0.2) is 10.3 Å². The van der Waals surface area contributed by atoms with Crippen molar-refractivity contribution in [1.29, 1.82) is 0 Å². The predicted molar refractivity (Wildman–Crippen MR) is 106 cm³/mol. The zero-order valence-corrected chi connectivity index (χ0v) is 15.2. The maximum absolute atomic E-state index is 6.14. The van der Waals surface area contributed by atoms with Gasteiger partial charge in [-0.25, -0.2) is 4.99 Å². The highest BCUT2D eigenvalue weighted by atomic mass is 127. The second kappa shape index (κ2) is 6.40. The third-order valence-corrected chi connectivity index (χ3v) is 5.40. The fourth-order valence-electron chi connectivity index (χ4n) is 3.08. The van der Waals surface area contributed by atoms with Gasteiger partial charge in [-0.2, -0.15) is 0 Å². The van der Waals surface area contributed by atoms with Gasteiger partial charge in [-0.15, -0.1) is 0 Å². The molecule has 0 N–H and O–H groups in total. The Morgan fingerprint density at radius 2 is 1.42 bits per heavy atom. The molecular formula is C21H16INO. The summed E-state index contributed by atoms with van der Waals surface area (Å²) in [6.07, 6.45) is 0. The molecule has 0 saturated heterocycles. The smallest absolute Gasteiger partial charge is 0.223 e. The van der Waals surface area contributed by atoms with Crippen molar-refractivity contribution in [3.63, 3.8) is 0 Å². The molecule has 0 bridgehead atoms.